The van der Waals surface area contributed by atoms with Crippen molar-refractivity contribution in [2.45, 2.75) is 31.5 Å². The van der Waals surface area contributed by atoms with E-state index < -0.39 is 24.6 Å². The van der Waals surface area contributed by atoms with E-state index in [4.69, 9.17) is 20.6 Å². The third kappa shape index (κ3) is 2.94. The first kappa shape index (κ1) is 13.4. The zero-order valence-electron chi connectivity index (χ0n) is 9.50. The maximum atomic E-state index is 9.77. The van der Waals surface area contributed by atoms with E-state index in [1.807, 2.05) is 0 Å². The van der Waals surface area contributed by atoms with E-state index in [1.165, 1.54) is 7.11 Å². The van der Waals surface area contributed by atoms with Crippen LogP contribution < -0.4 is 0 Å². The lowest BCUT2D eigenvalue weighted by molar-refractivity contribution is -0.276. The largest absolute Gasteiger partial charge is 0.390 e. The number of aliphatic hydroxyl groups is 2. The van der Waals surface area contributed by atoms with Gasteiger partial charge in [-0.25, -0.2) is 0 Å². The third-order valence-corrected chi connectivity index (χ3v) is 2.71. The lowest BCUT2D eigenvalue weighted by Crippen LogP contribution is -2.55. The van der Waals surface area contributed by atoms with Crippen molar-refractivity contribution in [1.82, 2.24) is 0 Å². The Labute approximate surface area is 95.3 Å². The molecule has 0 amide bonds. The molecule has 5 heteroatoms. The molecule has 0 bridgehead atoms. The minimum absolute atomic E-state index is 0.134. The fourth-order valence-electron chi connectivity index (χ4n) is 1.71. The minimum atomic E-state index is -0.987. The van der Waals surface area contributed by atoms with Gasteiger partial charge in [0.1, 0.15) is 18.8 Å². The molecule has 0 unspecified atom stereocenters. The maximum Gasteiger partial charge on any atom is 0.162 e. The Balaban J connectivity index is 2.54. The SMILES string of the molecule is C#CCOC[C@H]1O[C@@H](OC)[C@H](C)[C@@H](O)[C@H]1O. The van der Waals surface area contributed by atoms with Gasteiger partial charge in [0, 0.05) is 13.0 Å². The van der Waals surface area contributed by atoms with E-state index >= 15 is 0 Å². The van der Waals surface area contributed by atoms with Gasteiger partial charge in [-0.1, -0.05) is 12.8 Å². The first-order valence-corrected chi connectivity index (χ1v) is 5.17. The van der Waals surface area contributed by atoms with E-state index in [9.17, 15) is 10.2 Å². The molecule has 1 fully saturated rings. The van der Waals surface area contributed by atoms with Crippen molar-refractivity contribution in [2.75, 3.05) is 20.3 Å². The van der Waals surface area contributed by atoms with Gasteiger partial charge < -0.3 is 24.4 Å². The average molecular weight is 230 g/mol. The highest BCUT2D eigenvalue weighted by atomic mass is 16.7. The lowest BCUT2D eigenvalue weighted by atomic mass is 9.92. The second kappa shape index (κ2) is 6.18. The van der Waals surface area contributed by atoms with Crippen molar-refractivity contribution in [3.63, 3.8) is 0 Å². The Kier molecular flexibility index (Phi) is 5.19. The highest BCUT2D eigenvalue weighted by Crippen LogP contribution is 2.26. The van der Waals surface area contributed by atoms with Crippen LogP contribution >= 0.6 is 0 Å². The van der Waals surface area contributed by atoms with Crippen LogP contribution in [0.3, 0.4) is 0 Å². The van der Waals surface area contributed by atoms with Crippen LogP contribution in [-0.2, 0) is 14.2 Å². The summed E-state index contributed by atoms with van der Waals surface area (Å²) in [7, 11) is 1.49. The van der Waals surface area contributed by atoms with Crippen LogP contribution in [0.4, 0.5) is 0 Å². The van der Waals surface area contributed by atoms with Crippen LogP contribution in [0.1, 0.15) is 6.92 Å². The predicted molar refractivity (Wildman–Crippen MR) is 56.5 cm³/mol. The molecule has 1 aliphatic rings. The summed E-state index contributed by atoms with van der Waals surface area (Å²) in [5.74, 6) is 2.03. The topological polar surface area (TPSA) is 68.2 Å². The zero-order chi connectivity index (χ0) is 12.1. The van der Waals surface area contributed by atoms with Crippen molar-refractivity contribution >= 4 is 0 Å². The Hall–Kier alpha value is -0.640. The summed E-state index contributed by atoms with van der Waals surface area (Å²) in [5.41, 5.74) is 0. The smallest absolute Gasteiger partial charge is 0.162 e. The maximum absolute atomic E-state index is 9.77. The molecule has 1 saturated heterocycles. The Morgan fingerprint density at radius 2 is 2.06 bits per heavy atom. The summed E-state index contributed by atoms with van der Waals surface area (Å²) in [5, 5.41) is 19.5. The molecule has 0 aromatic rings. The monoisotopic (exact) mass is 230 g/mol. The van der Waals surface area contributed by atoms with Crippen molar-refractivity contribution in [1.29, 1.82) is 0 Å². The Morgan fingerprint density at radius 1 is 1.38 bits per heavy atom. The summed E-state index contributed by atoms with van der Waals surface area (Å²) < 4.78 is 15.6. The molecule has 5 atom stereocenters. The molecule has 1 aliphatic heterocycles. The molecular weight excluding hydrogens is 212 g/mol. The fraction of sp³-hybridized carbons (Fsp3) is 0.818. The van der Waals surface area contributed by atoms with Gasteiger partial charge >= 0.3 is 0 Å². The molecule has 1 heterocycles. The van der Waals surface area contributed by atoms with E-state index in [-0.39, 0.29) is 19.1 Å². The molecule has 0 saturated carbocycles. The number of aliphatic hydroxyl groups excluding tert-OH is 2. The second-order valence-corrected chi connectivity index (χ2v) is 3.84. The molecule has 0 aliphatic carbocycles. The van der Waals surface area contributed by atoms with Gasteiger partial charge in [0.2, 0.25) is 0 Å². The summed E-state index contributed by atoms with van der Waals surface area (Å²) >= 11 is 0. The first-order valence-electron chi connectivity index (χ1n) is 5.17. The van der Waals surface area contributed by atoms with Gasteiger partial charge in [0.05, 0.1) is 12.7 Å². The number of terminal acetylenes is 1. The summed E-state index contributed by atoms with van der Waals surface area (Å²) in [6.45, 7) is 2.03. The number of hydrogen-bond donors (Lipinski definition) is 2. The molecular formula is C11H18O5. The highest BCUT2D eigenvalue weighted by Gasteiger charge is 2.42. The van der Waals surface area contributed by atoms with Crippen molar-refractivity contribution in [2.24, 2.45) is 5.92 Å². The van der Waals surface area contributed by atoms with Gasteiger partial charge in [-0.3, -0.25) is 0 Å². The number of rotatable bonds is 4. The normalized spacial score (nSPS) is 39.3. The average Bonchev–Trinajstić information content (AvgIpc) is 2.29. The van der Waals surface area contributed by atoms with Gasteiger partial charge in [0.15, 0.2) is 6.29 Å². The molecule has 2 N–H and O–H groups in total. The summed E-state index contributed by atoms with van der Waals surface area (Å²) in [6.07, 6.45) is 1.99. The molecule has 0 spiro atoms. The fourth-order valence-corrected chi connectivity index (χ4v) is 1.71. The molecule has 0 aromatic heterocycles. The van der Waals surface area contributed by atoms with Gasteiger partial charge in [-0.15, -0.1) is 6.42 Å². The number of methoxy groups -OCH3 is 1. The molecule has 0 aromatic carbocycles. The van der Waals surface area contributed by atoms with Gasteiger partial charge in [-0.05, 0) is 0 Å². The van der Waals surface area contributed by atoms with Crippen LogP contribution in [0.5, 0.6) is 0 Å². The van der Waals surface area contributed by atoms with Crippen molar-refractivity contribution < 1.29 is 24.4 Å². The quantitative estimate of drug-likeness (QED) is 0.497. The summed E-state index contributed by atoms with van der Waals surface area (Å²) in [4.78, 5) is 0. The van der Waals surface area contributed by atoms with Crippen LogP contribution in [0.25, 0.3) is 0 Å². The van der Waals surface area contributed by atoms with E-state index in [1.54, 1.807) is 6.92 Å². The van der Waals surface area contributed by atoms with Crippen molar-refractivity contribution in [3.8, 4) is 12.3 Å². The third-order valence-electron chi connectivity index (χ3n) is 2.71. The van der Waals surface area contributed by atoms with Crippen LogP contribution in [-0.4, -0.2) is 55.1 Å². The van der Waals surface area contributed by atoms with E-state index in [0.717, 1.165) is 0 Å². The number of hydrogen-bond acceptors (Lipinski definition) is 5. The lowest BCUT2D eigenvalue weighted by Gasteiger charge is -2.40. The Bertz CT molecular complexity index is 247. The van der Waals surface area contributed by atoms with E-state index in [2.05, 4.69) is 5.92 Å². The van der Waals surface area contributed by atoms with Crippen LogP contribution in [0.15, 0.2) is 0 Å². The number of ether oxygens (including phenoxy) is 3. The minimum Gasteiger partial charge on any atom is -0.390 e. The standard InChI is InChI=1S/C11H18O5/c1-4-5-15-6-8-10(13)9(12)7(2)11(14-3)16-8/h1,7-13H,5-6H2,2-3H3/t7-,8-,9-,10+,11-/m1/s1. The molecule has 16 heavy (non-hydrogen) atoms. The summed E-state index contributed by atoms with van der Waals surface area (Å²) in [6, 6.07) is 0. The van der Waals surface area contributed by atoms with Gasteiger partial charge in [-0.2, -0.15) is 0 Å². The van der Waals surface area contributed by atoms with Gasteiger partial charge in [0.25, 0.3) is 0 Å². The van der Waals surface area contributed by atoms with Crippen LogP contribution in [0, 0.1) is 18.3 Å². The molecule has 1 rings (SSSR count). The highest BCUT2D eigenvalue weighted by molar-refractivity contribution is 4.88. The molecule has 5 nitrogen and oxygen atoms in total. The van der Waals surface area contributed by atoms with Crippen molar-refractivity contribution in [3.05, 3.63) is 0 Å². The van der Waals surface area contributed by atoms with Crippen LogP contribution in [0.2, 0.25) is 0 Å². The van der Waals surface area contributed by atoms with E-state index in [0.29, 0.717) is 0 Å². The molecule has 0 radical (unpaired) electrons. The first-order chi connectivity index (χ1) is 7.61. The molecule has 92 valence electrons. The Morgan fingerprint density at radius 3 is 2.62 bits per heavy atom. The second-order valence-electron chi connectivity index (χ2n) is 3.84. The predicted octanol–water partition coefficient (Wildman–Crippen LogP) is -0.635. The zero-order valence-corrected chi connectivity index (χ0v) is 9.50.